The largest absolute Gasteiger partial charge is 0.494 e. The second-order valence-electron chi connectivity index (χ2n) is 5.54. The van der Waals surface area contributed by atoms with Gasteiger partial charge in [0.15, 0.2) is 0 Å². The lowest BCUT2D eigenvalue weighted by Crippen LogP contribution is -2.47. The molecule has 2 rings (SSSR count). The number of nitrogens with zero attached hydrogens (tertiary/aromatic N) is 1. The SMILES string of the molecule is CCCNCC1OCCN(C)C1c1cccc(OCC)c1. The summed E-state index contributed by atoms with van der Waals surface area (Å²) in [5.74, 6) is 0.939. The first kappa shape index (κ1) is 16.3. The van der Waals surface area contributed by atoms with E-state index in [2.05, 4.69) is 42.4 Å². The third kappa shape index (κ3) is 4.43. The first-order chi connectivity index (χ1) is 10.3. The number of hydrogen-bond donors (Lipinski definition) is 1. The molecule has 0 saturated carbocycles. The van der Waals surface area contributed by atoms with Gasteiger partial charge in [-0.25, -0.2) is 0 Å². The minimum absolute atomic E-state index is 0.187. The van der Waals surface area contributed by atoms with Crippen molar-refractivity contribution in [2.24, 2.45) is 0 Å². The van der Waals surface area contributed by atoms with Gasteiger partial charge in [0.2, 0.25) is 0 Å². The monoisotopic (exact) mass is 292 g/mol. The van der Waals surface area contributed by atoms with E-state index in [0.717, 1.165) is 38.4 Å². The van der Waals surface area contributed by atoms with E-state index in [0.29, 0.717) is 6.61 Å². The van der Waals surface area contributed by atoms with Gasteiger partial charge in [0, 0.05) is 13.1 Å². The number of nitrogens with one attached hydrogen (secondary N) is 1. The van der Waals surface area contributed by atoms with Gasteiger partial charge in [-0.3, -0.25) is 4.90 Å². The van der Waals surface area contributed by atoms with Gasteiger partial charge in [-0.2, -0.15) is 0 Å². The average Bonchev–Trinajstić information content (AvgIpc) is 2.48. The molecule has 4 nitrogen and oxygen atoms in total. The Labute approximate surface area is 128 Å². The zero-order valence-electron chi connectivity index (χ0n) is 13.5. The molecule has 1 N–H and O–H groups in total. The van der Waals surface area contributed by atoms with Gasteiger partial charge in [0.1, 0.15) is 5.75 Å². The molecule has 0 aliphatic carbocycles. The Hall–Kier alpha value is -1.10. The number of benzene rings is 1. The number of likely N-dealkylation sites (N-methyl/N-ethyl adjacent to an activating group) is 1. The van der Waals surface area contributed by atoms with E-state index in [4.69, 9.17) is 9.47 Å². The van der Waals surface area contributed by atoms with Crippen LogP contribution in [0, 0.1) is 0 Å². The molecule has 21 heavy (non-hydrogen) atoms. The summed E-state index contributed by atoms with van der Waals surface area (Å²) < 4.78 is 11.6. The molecule has 0 amide bonds. The smallest absolute Gasteiger partial charge is 0.119 e. The zero-order valence-corrected chi connectivity index (χ0v) is 13.5. The van der Waals surface area contributed by atoms with Gasteiger partial charge in [-0.15, -0.1) is 0 Å². The second kappa shape index (κ2) is 8.37. The van der Waals surface area contributed by atoms with Gasteiger partial charge < -0.3 is 14.8 Å². The molecule has 1 aromatic carbocycles. The van der Waals surface area contributed by atoms with Crippen molar-refractivity contribution in [3.05, 3.63) is 29.8 Å². The first-order valence-corrected chi connectivity index (χ1v) is 8.01. The van der Waals surface area contributed by atoms with E-state index in [9.17, 15) is 0 Å². The topological polar surface area (TPSA) is 33.7 Å². The Bertz CT molecular complexity index is 425. The molecule has 1 aliphatic heterocycles. The molecule has 1 aliphatic rings. The Balaban J connectivity index is 2.12. The summed E-state index contributed by atoms with van der Waals surface area (Å²) in [7, 11) is 2.17. The number of rotatable bonds is 7. The van der Waals surface area contributed by atoms with Gasteiger partial charge in [-0.05, 0) is 44.6 Å². The lowest BCUT2D eigenvalue weighted by molar-refractivity contribution is -0.0613. The highest BCUT2D eigenvalue weighted by atomic mass is 16.5. The molecule has 1 saturated heterocycles. The summed E-state index contributed by atoms with van der Waals surface area (Å²) in [5.41, 5.74) is 1.27. The van der Waals surface area contributed by atoms with Crippen molar-refractivity contribution in [3.8, 4) is 5.75 Å². The fourth-order valence-electron chi connectivity index (χ4n) is 2.88. The molecular formula is C17H28N2O2. The van der Waals surface area contributed by atoms with Crippen LogP contribution in [0.4, 0.5) is 0 Å². The highest BCUT2D eigenvalue weighted by Gasteiger charge is 2.31. The summed E-state index contributed by atoms with van der Waals surface area (Å²) >= 11 is 0. The molecule has 1 aromatic rings. The number of ether oxygens (including phenoxy) is 2. The predicted molar refractivity (Wildman–Crippen MR) is 85.9 cm³/mol. The maximum absolute atomic E-state index is 6.02. The van der Waals surface area contributed by atoms with Crippen molar-refractivity contribution >= 4 is 0 Å². The zero-order chi connectivity index (χ0) is 15.1. The van der Waals surface area contributed by atoms with E-state index < -0.39 is 0 Å². The molecule has 4 heteroatoms. The molecule has 2 atom stereocenters. The van der Waals surface area contributed by atoms with Crippen molar-refractivity contribution < 1.29 is 9.47 Å². The molecular weight excluding hydrogens is 264 g/mol. The van der Waals surface area contributed by atoms with Crippen LogP contribution in [0.25, 0.3) is 0 Å². The van der Waals surface area contributed by atoms with Gasteiger partial charge in [0.05, 0.1) is 25.4 Å². The molecule has 1 heterocycles. The van der Waals surface area contributed by atoms with Crippen molar-refractivity contribution in [1.82, 2.24) is 10.2 Å². The van der Waals surface area contributed by atoms with E-state index in [1.165, 1.54) is 5.56 Å². The second-order valence-corrected chi connectivity index (χ2v) is 5.54. The third-order valence-electron chi connectivity index (χ3n) is 3.89. The minimum Gasteiger partial charge on any atom is -0.494 e. The van der Waals surface area contributed by atoms with Crippen LogP contribution < -0.4 is 10.1 Å². The quantitative estimate of drug-likeness (QED) is 0.783. The Morgan fingerprint density at radius 2 is 2.24 bits per heavy atom. The Morgan fingerprint density at radius 3 is 3.00 bits per heavy atom. The van der Waals surface area contributed by atoms with Crippen LogP contribution >= 0.6 is 0 Å². The van der Waals surface area contributed by atoms with Gasteiger partial charge >= 0.3 is 0 Å². The third-order valence-corrected chi connectivity index (χ3v) is 3.89. The van der Waals surface area contributed by atoms with Crippen molar-refractivity contribution in [1.29, 1.82) is 0 Å². The minimum atomic E-state index is 0.187. The summed E-state index contributed by atoms with van der Waals surface area (Å²) in [4.78, 5) is 2.38. The maximum atomic E-state index is 6.02. The molecule has 0 aromatic heterocycles. The van der Waals surface area contributed by atoms with E-state index in [-0.39, 0.29) is 12.1 Å². The molecule has 118 valence electrons. The van der Waals surface area contributed by atoms with Gasteiger partial charge in [0.25, 0.3) is 0 Å². The fourth-order valence-corrected chi connectivity index (χ4v) is 2.88. The van der Waals surface area contributed by atoms with E-state index >= 15 is 0 Å². The number of hydrogen-bond acceptors (Lipinski definition) is 4. The highest BCUT2D eigenvalue weighted by molar-refractivity contribution is 5.31. The number of morpholine rings is 1. The van der Waals surface area contributed by atoms with Crippen LogP contribution in [0.5, 0.6) is 5.75 Å². The van der Waals surface area contributed by atoms with E-state index in [1.54, 1.807) is 0 Å². The molecule has 0 spiro atoms. The summed E-state index contributed by atoms with van der Waals surface area (Å²) in [6.07, 6.45) is 1.33. The Morgan fingerprint density at radius 1 is 1.38 bits per heavy atom. The van der Waals surface area contributed by atoms with Crippen LogP contribution in [0.15, 0.2) is 24.3 Å². The Kier molecular flexibility index (Phi) is 6.49. The van der Waals surface area contributed by atoms with Crippen LogP contribution in [0.1, 0.15) is 31.9 Å². The van der Waals surface area contributed by atoms with Crippen LogP contribution in [-0.2, 0) is 4.74 Å². The van der Waals surface area contributed by atoms with E-state index in [1.807, 2.05) is 13.0 Å². The predicted octanol–water partition coefficient (Wildman–Crippen LogP) is 2.46. The lowest BCUT2D eigenvalue weighted by atomic mass is 9.98. The van der Waals surface area contributed by atoms with Crippen molar-refractivity contribution in [2.75, 3.05) is 39.9 Å². The lowest BCUT2D eigenvalue weighted by Gasteiger charge is -2.39. The fraction of sp³-hybridized carbons (Fsp3) is 0.647. The summed E-state index contributed by atoms with van der Waals surface area (Å²) in [6, 6.07) is 8.68. The van der Waals surface area contributed by atoms with Crippen molar-refractivity contribution in [2.45, 2.75) is 32.4 Å². The average molecular weight is 292 g/mol. The van der Waals surface area contributed by atoms with Crippen molar-refractivity contribution in [3.63, 3.8) is 0 Å². The summed E-state index contributed by atoms with van der Waals surface area (Å²) in [6.45, 7) is 8.59. The van der Waals surface area contributed by atoms with Crippen LogP contribution in [0.3, 0.4) is 0 Å². The van der Waals surface area contributed by atoms with Crippen LogP contribution in [-0.4, -0.2) is 50.9 Å². The molecule has 0 bridgehead atoms. The van der Waals surface area contributed by atoms with Gasteiger partial charge in [-0.1, -0.05) is 19.1 Å². The molecule has 2 unspecified atom stereocenters. The summed E-state index contributed by atoms with van der Waals surface area (Å²) in [5, 5.41) is 3.48. The first-order valence-electron chi connectivity index (χ1n) is 8.01. The maximum Gasteiger partial charge on any atom is 0.119 e. The standard InChI is InChI=1S/C17H28N2O2/c1-4-9-18-13-16-17(19(3)10-11-21-16)14-7-6-8-15(12-14)20-5-2/h6-8,12,16-18H,4-5,9-11,13H2,1-3H3. The molecule has 0 radical (unpaired) electrons. The normalized spacial score (nSPS) is 23.2. The van der Waals surface area contributed by atoms with Crippen LogP contribution in [0.2, 0.25) is 0 Å². The molecule has 1 fully saturated rings. The highest BCUT2D eigenvalue weighted by Crippen LogP contribution is 2.30.